The summed E-state index contributed by atoms with van der Waals surface area (Å²) in [5.74, 6) is 0. The van der Waals surface area contributed by atoms with Crippen molar-refractivity contribution in [3.8, 4) is 0 Å². The molecule has 0 saturated carbocycles. The lowest BCUT2D eigenvalue weighted by Crippen LogP contribution is -2.06. The van der Waals surface area contributed by atoms with Crippen LogP contribution in [0.3, 0.4) is 0 Å². The van der Waals surface area contributed by atoms with Gasteiger partial charge in [0, 0.05) is 0 Å². The lowest BCUT2D eigenvalue weighted by Gasteiger charge is -2.08. The Morgan fingerprint density at radius 2 is 1.86 bits per heavy atom. The number of ether oxygens (including phenoxy) is 2. The van der Waals surface area contributed by atoms with E-state index in [1.807, 2.05) is 0 Å². The smallest absolute Gasteiger partial charge is 0.274 e. The third-order valence-electron chi connectivity index (χ3n) is 0.922. The first-order valence-corrected chi connectivity index (χ1v) is 6.31. The standard InChI is InChI=1S/C5H12O7P2/c6-3-10-5-9-1-2-11-14(13-8)12-4-7/h6-7H,1-5H2. The first kappa shape index (κ1) is 14.3. The molecule has 0 aliphatic rings. The highest BCUT2D eigenvalue weighted by Gasteiger charge is 2.09. The fraction of sp³-hybridized carbons (Fsp3) is 1.00. The van der Waals surface area contributed by atoms with Crippen LogP contribution in [-0.2, 0) is 23.1 Å². The predicted molar refractivity (Wildman–Crippen MR) is 47.6 cm³/mol. The minimum Gasteiger partial charge on any atom is -0.371 e. The number of hydrogen-bond acceptors (Lipinski definition) is 7. The molecule has 0 aromatic rings. The van der Waals surface area contributed by atoms with E-state index in [2.05, 4.69) is 9.26 Å². The second kappa shape index (κ2) is 11.4. The molecule has 0 spiro atoms. The molecule has 0 heterocycles. The summed E-state index contributed by atoms with van der Waals surface area (Å²) in [5, 5.41) is 16.5. The molecule has 0 bridgehead atoms. The molecule has 1 unspecified atom stereocenters. The van der Waals surface area contributed by atoms with Crippen molar-refractivity contribution < 1.29 is 33.3 Å². The number of rotatable bonds is 10. The van der Waals surface area contributed by atoms with E-state index in [0.29, 0.717) is 0 Å². The Morgan fingerprint density at radius 3 is 2.43 bits per heavy atom. The molecule has 1 atom stereocenters. The molecule has 0 fully saturated rings. The van der Waals surface area contributed by atoms with Gasteiger partial charge in [0.25, 0.3) is 8.06 Å². The van der Waals surface area contributed by atoms with E-state index in [1.165, 1.54) is 0 Å². The molecule has 0 rings (SSSR count). The van der Waals surface area contributed by atoms with Gasteiger partial charge in [-0.25, -0.2) is 0 Å². The molecule has 2 N–H and O–H groups in total. The SMILES string of the molecule is O=PP(OCO)OCCOCOCO. The summed E-state index contributed by atoms with van der Waals surface area (Å²) in [6.07, 6.45) is 0. The van der Waals surface area contributed by atoms with E-state index >= 15 is 0 Å². The molecule has 7 nitrogen and oxygen atoms in total. The monoisotopic (exact) mass is 246 g/mol. The average molecular weight is 246 g/mol. The van der Waals surface area contributed by atoms with Crippen molar-refractivity contribution in [2.45, 2.75) is 0 Å². The summed E-state index contributed by atoms with van der Waals surface area (Å²) in [4.78, 5) is 0. The van der Waals surface area contributed by atoms with Crippen LogP contribution in [0.15, 0.2) is 0 Å². The van der Waals surface area contributed by atoms with Crippen LogP contribution in [0.4, 0.5) is 0 Å². The van der Waals surface area contributed by atoms with Crippen LogP contribution in [0, 0.1) is 0 Å². The van der Waals surface area contributed by atoms with Crippen molar-refractivity contribution in [1.82, 2.24) is 0 Å². The van der Waals surface area contributed by atoms with Crippen LogP contribution in [-0.4, -0.2) is 43.8 Å². The van der Waals surface area contributed by atoms with Crippen LogP contribution < -0.4 is 0 Å². The van der Waals surface area contributed by atoms with Gasteiger partial charge in [-0.05, 0) is 0 Å². The molecule has 14 heavy (non-hydrogen) atoms. The van der Waals surface area contributed by atoms with Crippen LogP contribution in [0.25, 0.3) is 0 Å². The van der Waals surface area contributed by atoms with Crippen molar-refractivity contribution in [3.63, 3.8) is 0 Å². The molecule has 0 saturated heterocycles. The lowest BCUT2D eigenvalue weighted by molar-refractivity contribution is -0.111. The molecule has 9 heteroatoms. The largest absolute Gasteiger partial charge is 0.371 e. The predicted octanol–water partition coefficient (Wildman–Crippen LogP) is 0.428. The first-order valence-electron chi connectivity index (χ1n) is 3.61. The highest BCUT2D eigenvalue weighted by Crippen LogP contribution is 2.50. The third kappa shape index (κ3) is 8.87. The van der Waals surface area contributed by atoms with Gasteiger partial charge in [0.1, 0.15) is 13.6 Å². The van der Waals surface area contributed by atoms with Crippen molar-refractivity contribution in [2.75, 3.05) is 33.6 Å². The quantitative estimate of drug-likeness (QED) is 0.328. The second-order valence-electron chi connectivity index (χ2n) is 1.77. The zero-order valence-corrected chi connectivity index (χ0v) is 9.15. The van der Waals surface area contributed by atoms with Gasteiger partial charge in [0.05, 0.1) is 13.2 Å². The molecule has 0 radical (unpaired) electrons. The maximum atomic E-state index is 10.3. The fourth-order valence-electron chi connectivity index (χ4n) is 0.463. The Labute approximate surface area is 83.9 Å². The van der Waals surface area contributed by atoms with Crippen LogP contribution in [0.5, 0.6) is 0 Å². The molecular formula is C5H12O7P2. The van der Waals surface area contributed by atoms with Gasteiger partial charge in [-0.1, -0.05) is 0 Å². The molecule has 0 aliphatic heterocycles. The van der Waals surface area contributed by atoms with Gasteiger partial charge in [-0.2, -0.15) is 0 Å². The highest BCUT2D eigenvalue weighted by atomic mass is 32.1. The Hall–Kier alpha value is 0.290. The van der Waals surface area contributed by atoms with Crippen molar-refractivity contribution in [3.05, 3.63) is 0 Å². The zero-order chi connectivity index (χ0) is 10.6. The third-order valence-corrected chi connectivity index (χ3v) is 2.89. The average Bonchev–Trinajstić information content (AvgIpc) is 2.21. The minimum atomic E-state index is -1.59. The highest BCUT2D eigenvalue weighted by molar-refractivity contribution is 8.11. The number of hydrogen-bond donors (Lipinski definition) is 2. The Kier molecular flexibility index (Phi) is 11.6. The number of aliphatic hydroxyl groups excluding tert-OH is 2. The molecular weight excluding hydrogens is 234 g/mol. The zero-order valence-electron chi connectivity index (χ0n) is 7.37. The van der Waals surface area contributed by atoms with Crippen LogP contribution in [0.2, 0.25) is 0 Å². The minimum absolute atomic E-state index is 0.0340. The molecule has 0 aliphatic carbocycles. The number of aliphatic hydroxyl groups is 2. The van der Waals surface area contributed by atoms with Crippen LogP contribution in [0.1, 0.15) is 0 Å². The lowest BCUT2D eigenvalue weighted by atomic mass is 10.8. The maximum absolute atomic E-state index is 10.3. The summed E-state index contributed by atoms with van der Waals surface area (Å²) in [6, 6.07) is 0. The first-order chi connectivity index (χ1) is 6.85. The van der Waals surface area contributed by atoms with E-state index in [4.69, 9.17) is 19.5 Å². The van der Waals surface area contributed by atoms with Crippen LogP contribution >= 0.6 is 16.2 Å². The summed E-state index contributed by atoms with van der Waals surface area (Å²) in [6.45, 7) is -0.567. The Bertz CT molecular complexity index is 135. The second-order valence-corrected chi connectivity index (χ2v) is 4.40. The van der Waals surface area contributed by atoms with Gasteiger partial charge < -0.3 is 24.2 Å². The Morgan fingerprint density at radius 1 is 1.07 bits per heavy atom. The van der Waals surface area contributed by atoms with E-state index in [9.17, 15) is 4.57 Å². The van der Waals surface area contributed by atoms with Gasteiger partial charge in [0.2, 0.25) is 8.15 Å². The normalized spacial score (nSPS) is 13.3. The van der Waals surface area contributed by atoms with Gasteiger partial charge in [-0.3, -0.25) is 9.09 Å². The van der Waals surface area contributed by atoms with E-state index in [0.717, 1.165) is 0 Å². The fourth-order valence-corrected chi connectivity index (χ4v) is 1.64. The molecule has 0 aromatic carbocycles. The van der Waals surface area contributed by atoms with Gasteiger partial charge in [0.15, 0.2) is 6.79 Å². The summed E-state index contributed by atoms with van der Waals surface area (Å²) < 4.78 is 29.1. The summed E-state index contributed by atoms with van der Waals surface area (Å²) in [7, 11) is -1.89. The summed E-state index contributed by atoms with van der Waals surface area (Å²) >= 11 is 0. The topological polar surface area (TPSA) is 94.5 Å². The van der Waals surface area contributed by atoms with Crippen molar-refractivity contribution >= 4 is 16.2 Å². The van der Waals surface area contributed by atoms with Crippen molar-refractivity contribution in [2.24, 2.45) is 0 Å². The Balaban J connectivity index is 3.20. The van der Waals surface area contributed by atoms with E-state index in [1.54, 1.807) is 0 Å². The molecule has 84 valence electrons. The summed E-state index contributed by atoms with van der Waals surface area (Å²) in [5.41, 5.74) is 0. The van der Waals surface area contributed by atoms with Gasteiger partial charge in [-0.15, -0.1) is 0 Å². The van der Waals surface area contributed by atoms with Crippen molar-refractivity contribution in [1.29, 1.82) is 0 Å². The molecule has 0 aromatic heterocycles. The maximum Gasteiger partial charge on any atom is 0.274 e. The van der Waals surface area contributed by atoms with E-state index in [-0.39, 0.29) is 28.2 Å². The van der Waals surface area contributed by atoms with E-state index < -0.39 is 21.6 Å². The van der Waals surface area contributed by atoms with Gasteiger partial charge >= 0.3 is 0 Å². The molecule has 0 amide bonds.